The van der Waals surface area contributed by atoms with Gasteiger partial charge in [-0.2, -0.15) is 0 Å². The molecule has 1 saturated heterocycles. The van der Waals surface area contributed by atoms with Gasteiger partial charge >= 0.3 is 5.97 Å². The Bertz CT molecular complexity index is 1120. The van der Waals surface area contributed by atoms with Crippen LogP contribution in [0.25, 0.3) is 10.9 Å². The Labute approximate surface area is 180 Å². The predicted molar refractivity (Wildman–Crippen MR) is 117 cm³/mol. The molecule has 2 aromatic carbocycles. The normalized spacial score (nSPS) is 14.5. The molecule has 1 aliphatic rings. The fraction of sp³-hybridized carbons (Fsp3) is 0.292. The van der Waals surface area contributed by atoms with Gasteiger partial charge in [0.25, 0.3) is 5.91 Å². The van der Waals surface area contributed by atoms with Crippen LogP contribution in [0.5, 0.6) is 0 Å². The number of pyridine rings is 1. The number of fused-ring (bicyclic) bond motifs is 1. The van der Waals surface area contributed by atoms with E-state index in [4.69, 9.17) is 4.74 Å². The predicted octanol–water partition coefficient (Wildman–Crippen LogP) is 4.78. The molecular weight excluding hydrogens is 397 g/mol. The first kappa shape index (κ1) is 20.8. The highest BCUT2D eigenvalue weighted by Gasteiger charge is 2.23. The van der Waals surface area contributed by atoms with Crippen molar-refractivity contribution in [3.05, 3.63) is 65.6 Å². The molecule has 1 fully saturated rings. The number of carbonyl (C=O) groups is 2. The largest absolute Gasteiger partial charge is 0.465 e. The number of nitrogens with one attached hydrogen (secondary N) is 1. The van der Waals surface area contributed by atoms with Crippen molar-refractivity contribution < 1.29 is 18.7 Å². The number of hydrogen-bond acceptors (Lipinski definition) is 5. The van der Waals surface area contributed by atoms with Crippen LogP contribution in [0.1, 0.15) is 40.6 Å². The molecule has 0 unspecified atom stereocenters. The first-order valence-corrected chi connectivity index (χ1v) is 10.3. The summed E-state index contributed by atoms with van der Waals surface area (Å²) in [6.45, 7) is 3.61. The number of likely N-dealkylation sites (tertiary alicyclic amines) is 1. The van der Waals surface area contributed by atoms with E-state index in [2.05, 4.69) is 17.2 Å². The number of esters is 1. The number of methoxy groups -OCH3 is 1. The molecule has 0 radical (unpaired) electrons. The van der Waals surface area contributed by atoms with E-state index in [1.807, 2.05) is 4.90 Å². The zero-order valence-electron chi connectivity index (χ0n) is 17.5. The van der Waals surface area contributed by atoms with Crippen molar-refractivity contribution in [2.45, 2.75) is 19.8 Å². The van der Waals surface area contributed by atoms with Crippen molar-refractivity contribution >= 4 is 34.2 Å². The molecule has 31 heavy (non-hydrogen) atoms. The first-order valence-electron chi connectivity index (χ1n) is 10.3. The van der Waals surface area contributed by atoms with E-state index in [-0.39, 0.29) is 11.7 Å². The number of piperidine rings is 1. The lowest BCUT2D eigenvalue weighted by atomic mass is 9.99. The monoisotopic (exact) mass is 421 g/mol. The molecule has 2 heterocycles. The van der Waals surface area contributed by atoms with Crippen LogP contribution < -0.4 is 5.32 Å². The molecule has 1 aliphatic heterocycles. The highest BCUT2D eigenvalue weighted by molar-refractivity contribution is 6.00. The number of aromatic nitrogens is 1. The molecular formula is C24H24FN3O3. The summed E-state index contributed by atoms with van der Waals surface area (Å²) >= 11 is 0. The number of benzene rings is 2. The van der Waals surface area contributed by atoms with Crippen LogP contribution in [-0.2, 0) is 4.74 Å². The molecule has 0 saturated carbocycles. The highest BCUT2D eigenvalue weighted by Crippen LogP contribution is 2.29. The molecule has 0 aliphatic carbocycles. The molecule has 7 heteroatoms. The summed E-state index contributed by atoms with van der Waals surface area (Å²) in [7, 11) is 1.33. The maximum absolute atomic E-state index is 13.9. The summed E-state index contributed by atoms with van der Waals surface area (Å²) in [5, 5.41) is 3.80. The van der Waals surface area contributed by atoms with E-state index in [1.54, 1.807) is 36.4 Å². The quantitative estimate of drug-likeness (QED) is 0.614. The molecule has 0 spiro atoms. The number of hydrogen-bond donors (Lipinski definition) is 1. The third-order valence-electron chi connectivity index (χ3n) is 5.65. The Hall–Kier alpha value is -3.48. The summed E-state index contributed by atoms with van der Waals surface area (Å²) in [6, 6.07) is 12.7. The van der Waals surface area contributed by atoms with Gasteiger partial charge in [-0.25, -0.2) is 14.2 Å². The van der Waals surface area contributed by atoms with Crippen molar-refractivity contribution in [1.82, 2.24) is 9.88 Å². The second-order valence-electron chi connectivity index (χ2n) is 7.89. The van der Waals surface area contributed by atoms with Crippen molar-refractivity contribution in [3.63, 3.8) is 0 Å². The lowest BCUT2D eigenvalue weighted by molar-refractivity contribution is 0.0600. The lowest BCUT2D eigenvalue weighted by Crippen LogP contribution is -2.38. The molecule has 0 bridgehead atoms. The fourth-order valence-corrected chi connectivity index (χ4v) is 3.75. The minimum absolute atomic E-state index is 0.123. The molecule has 0 atom stereocenters. The molecule has 1 N–H and O–H groups in total. The minimum atomic E-state index is -0.424. The second-order valence-corrected chi connectivity index (χ2v) is 7.89. The van der Waals surface area contributed by atoms with Crippen LogP contribution in [0.2, 0.25) is 0 Å². The van der Waals surface area contributed by atoms with Crippen molar-refractivity contribution in [2.75, 3.05) is 25.5 Å². The zero-order valence-corrected chi connectivity index (χ0v) is 17.5. The average Bonchev–Trinajstić information content (AvgIpc) is 2.79. The van der Waals surface area contributed by atoms with Crippen LogP contribution in [0.15, 0.2) is 48.5 Å². The van der Waals surface area contributed by atoms with Gasteiger partial charge in [-0.15, -0.1) is 0 Å². The Kier molecular flexibility index (Phi) is 5.84. The molecule has 1 amide bonds. The van der Waals surface area contributed by atoms with Gasteiger partial charge in [-0.05, 0) is 67.3 Å². The number of rotatable bonds is 4. The van der Waals surface area contributed by atoms with Crippen molar-refractivity contribution in [2.24, 2.45) is 5.92 Å². The number of carbonyl (C=O) groups excluding carboxylic acids is 2. The third-order valence-corrected chi connectivity index (χ3v) is 5.65. The van der Waals surface area contributed by atoms with Gasteiger partial charge in [-0.3, -0.25) is 4.79 Å². The molecule has 1 aromatic heterocycles. The van der Waals surface area contributed by atoms with Gasteiger partial charge in [-0.1, -0.05) is 6.92 Å². The summed E-state index contributed by atoms with van der Waals surface area (Å²) in [4.78, 5) is 31.1. The summed E-state index contributed by atoms with van der Waals surface area (Å²) in [6.07, 6.45) is 1.95. The standard InChI is InChI=1S/C24H24FN3O3/c1-15-9-11-28(12-10-15)23(29)22-14-21(19-13-17(25)5-8-20(19)27-22)26-18-6-3-16(4-7-18)24(30)31-2/h3-8,13-15H,9-12H2,1-2H3,(H,26,27). The van der Waals surface area contributed by atoms with Gasteiger partial charge in [0.15, 0.2) is 0 Å². The number of nitrogens with zero attached hydrogens (tertiary/aromatic N) is 2. The smallest absolute Gasteiger partial charge is 0.337 e. The number of anilines is 2. The Balaban J connectivity index is 1.68. The van der Waals surface area contributed by atoms with Gasteiger partial charge in [0.1, 0.15) is 11.5 Å². The molecule has 3 aromatic rings. The topological polar surface area (TPSA) is 71.5 Å². The summed E-state index contributed by atoms with van der Waals surface area (Å²) in [5.74, 6) is -0.321. The third kappa shape index (κ3) is 4.50. The fourth-order valence-electron chi connectivity index (χ4n) is 3.75. The van der Waals surface area contributed by atoms with E-state index in [0.717, 1.165) is 12.8 Å². The van der Waals surface area contributed by atoms with Crippen LogP contribution in [0.3, 0.4) is 0 Å². The number of halogens is 1. The van der Waals surface area contributed by atoms with Gasteiger partial charge in [0, 0.05) is 24.2 Å². The van der Waals surface area contributed by atoms with E-state index in [0.29, 0.717) is 52.5 Å². The van der Waals surface area contributed by atoms with E-state index in [9.17, 15) is 14.0 Å². The van der Waals surface area contributed by atoms with Crippen LogP contribution in [-0.4, -0.2) is 42.0 Å². The molecule has 6 nitrogen and oxygen atoms in total. The van der Waals surface area contributed by atoms with E-state index in [1.165, 1.54) is 19.2 Å². The molecule has 4 rings (SSSR count). The Morgan fingerprint density at radius 1 is 1.10 bits per heavy atom. The summed E-state index contributed by atoms with van der Waals surface area (Å²) < 4.78 is 18.7. The zero-order chi connectivity index (χ0) is 22.0. The molecule has 160 valence electrons. The Morgan fingerprint density at radius 2 is 1.81 bits per heavy atom. The van der Waals surface area contributed by atoms with E-state index >= 15 is 0 Å². The van der Waals surface area contributed by atoms with Gasteiger partial charge in [0.2, 0.25) is 0 Å². The highest BCUT2D eigenvalue weighted by atomic mass is 19.1. The van der Waals surface area contributed by atoms with E-state index < -0.39 is 5.97 Å². The van der Waals surface area contributed by atoms with Crippen LogP contribution in [0.4, 0.5) is 15.8 Å². The van der Waals surface area contributed by atoms with Gasteiger partial charge < -0.3 is 15.0 Å². The maximum Gasteiger partial charge on any atom is 0.337 e. The summed E-state index contributed by atoms with van der Waals surface area (Å²) in [5.41, 5.74) is 2.54. The first-order chi connectivity index (χ1) is 14.9. The second kappa shape index (κ2) is 8.71. The van der Waals surface area contributed by atoms with Crippen LogP contribution in [0, 0.1) is 11.7 Å². The lowest BCUT2D eigenvalue weighted by Gasteiger charge is -2.30. The number of amides is 1. The minimum Gasteiger partial charge on any atom is -0.465 e. The van der Waals surface area contributed by atoms with Crippen molar-refractivity contribution in [1.29, 1.82) is 0 Å². The van der Waals surface area contributed by atoms with Crippen LogP contribution >= 0.6 is 0 Å². The number of ether oxygens (including phenoxy) is 1. The SMILES string of the molecule is COC(=O)c1ccc(Nc2cc(C(=O)N3CCC(C)CC3)nc3ccc(F)cc23)cc1. The Morgan fingerprint density at radius 3 is 2.48 bits per heavy atom. The van der Waals surface area contributed by atoms with Crippen molar-refractivity contribution in [3.8, 4) is 0 Å². The average molecular weight is 421 g/mol. The maximum atomic E-state index is 13.9. The van der Waals surface area contributed by atoms with Gasteiger partial charge in [0.05, 0.1) is 23.9 Å².